The highest BCUT2D eigenvalue weighted by atomic mass is 32.1. The number of hydrogen-bond donors (Lipinski definition) is 2. The Bertz CT molecular complexity index is 583. The first-order valence-corrected chi connectivity index (χ1v) is 7.54. The Hall–Kier alpha value is -1.66. The first kappa shape index (κ1) is 14.7. The number of carbonyl (C=O) groups is 1. The number of pyridine rings is 1. The molecule has 0 aliphatic rings. The fourth-order valence-electron chi connectivity index (χ4n) is 1.79. The van der Waals surface area contributed by atoms with Gasteiger partial charge in [-0.05, 0) is 18.6 Å². The predicted molar refractivity (Wildman–Crippen MR) is 82.1 cm³/mol. The number of nitrogens with two attached hydrogens (primary N) is 1. The summed E-state index contributed by atoms with van der Waals surface area (Å²) >= 11 is 1.31. The number of nitrogens with zero attached hydrogens (tertiary/aromatic N) is 1. The normalized spacial score (nSPS) is 10.8. The molecular weight excluding hydrogens is 274 g/mol. The summed E-state index contributed by atoms with van der Waals surface area (Å²) < 4.78 is 5.39. The summed E-state index contributed by atoms with van der Waals surface area (Å²) in [5, 5.41) is 3.65. The third-order valence-electron chi connectivity index (χ3n) is 2.89. The number of anilines is 1. The number of nitrogen functional groups attached to an aromatic ring is 1. The third-order valence-corrected chi connectivity index (χ3v) is 4.01. The lowest BCUT2D eigenvalue weighted by Gasteiger charge is -2.05. The number of aromatic nitrogens is 1. The van der Waals surface area contributed by atoms with Crippen LogP contribution in [0.25, 0.3) is 10.2 Å². The summed E-state index contributed by atoms with van der Waals surface area (Å²) in [6.07, 6.45) is 3.85. The van der Waals surface area contributed by atoms with Crippen molar-refractivity contribution >= 4 is 33.1 Å². The van der Waals surface area contributed by atoms with Gasteiger partial charge in [0.05, 0.1) is 12.3 Å². The Morgan fingerprint density at radius 2 is 2.35 bits per heavy atom. The average Bonchev–Trinajstić information content (AvgIpc) is 2.80. The van der Waals surface area contributed by atoms with Crippen LogP contribution in [0.4, 0.5) is 5.69 Å². The second-order valence-electron chi connectivity index (χ2n) is 4.42. The molecule has 0 unspecified atom stereocenters. The van der Waals surface area contributed by atoms with E-state index in [9.17, 15) is 4.79 Å². The molecule has 0 spiro atoms. The molecule has 0 aromatic carbocycles. The minimum atomic E-state index is -0.162. The van der Waals surface area contributed by atoms with Gasteiger partial charge in [-0.3, -0.25) is 4.79 Å². The summed E-state index contributed by atoms with van der Waals surface area (Å²) in [4.78, 5) is 17.6. The van der Waals surface area contributed by atoms with Gasteiger partial charge < -0.3 is 15.8 Å². The van der Waals surface area contributed by atoms with E-state index in [0.29, 0.717) is 23.7 Å². The van der Waals surface area contributed by atoms with Crippen molar-refractivity contribution in [1.82, 2.24) is 10.3 Å². The highest BCUT2D eigenvalue weighted by molar-refractivity contribution is 7.21. The molecular formula is C14H19N3O2S. The molecule has 0 saturated heterocycles. The zero-order valence-corrected chi connectivity index (χ0v) is 12.3. The van der Waals surface area contributed by atoms with Gasteiger partial charge in [0, 0.05) is 24.7 Å². The summed E-state index contributed by atoms with van der Waals surface area (Å²) in [6, 6.07) is 3.69. The Kier molecular flexibility index (Phi) is 5.31. The van der Waals surface area contributed by atoms with Crippen molar-refractivity contribution in [2.75, 3.05) is 25.5 Å². The van der Waals surface area contributed by atoms with E-state index >= 15 is 0 Å². The molecule has 5 nitrogen and oxygen atoms in total. The summed E-state index contributed by atoms with van der Waals surface area (Å²) in [7, 11) is 0. The van der Waals surface area contributed by atoms with Crippen LogP contribution in [0.5, 0.6) is 0 Å². The molecule has 0 atom stereocenters. The minimum absolute atomic E-state index is 0.162. The second-order valence-corrected chi connectivity index (χ2v) is 5.42. The van der Waals surface area contributed by atoms with Gasteiger partial charge in [-0.2, -0.15) is 0 Å². The van der Waals surface area contributed by atoms with Crippen LogP contribution in [-0.2, 0) is 4.74 Å². The van der Waals surface area contributed by atoms with Gasteiger partial charge in [-0.1, -0.05) is 13.3 Å². The van der Waals surface area contributed by atoms with Gasteiger partial charge in [0.25, 0.3) is 5.91 Å². The van der Waals surface area contributed by atoms with Crippen LogP contribution < -0.4 is 11.1 Å². The van der Waals surface area contributed by atoms with Crippen molar-refractivity contribution < 1.29 is 9.53 Å². The van der Waals surface area contributed by atoms with E-state index in [1.807, 2.05) is 12.1 Å². The topological polar surface area (TPSA) is 77.2 Å². The van der Waals surface area contributed by atoms with Crippen molar-refractivity contribution in [3.8, 4) is 0 Å². The smallest absolute Gasteiger partial charge is 0.263 e. The van der Waals surface area contributed by atoms with E-state index in [4.69, 9.17) is 10.5 Å². The molecule has 2 heterocycles. The number of hydrogen-bond acceptors (Lipinski definition) is 5. The lowest BCUT2D eigenvalue weighted by atomic mass is 10.2. The van der Waals surface area contributed by atoms with Crippen molar-refractivity contribution in [1.29, 1.82) is 0 Å². The van der Waals surface area contributed by atoms with E-state index in [2.05, 4.69) is 17.2 Å². The highest BCUT2D eigenvalue weighted by Crippen LogP contribution is 2.31. The number of rotatable bonds is 7. The van der Waals surface area contributed by atoms with E-state index in [-0.39, 0.29) is 5.91 Å². The largest absolute Gasteiger partial charge is 0.397 e. The molecule has 2 aromatic heterocycles. The zero-order valence-electron chi connectivity index (χ0n) is 11.5. The maximum Gasteiger partial charge on any atom is 0.263 e. The first-order chi connectivity index (χ1) is 9.74. The number of ether oxygens (including phenoxy) is 1. The van der Waals surface area contributed by atoms with Crippen LogP contribution in [0.3, 0.4) is 0 Å². The lowest BCUT2D eigenvalue weighted by molar-refractivity contribution is 0.0917. The number of unbranched alkanes of at least 4 members (excludes halogenated alkanes) is 1. The van der Waals surface area contributed by atoms with Crippen molar-refractivity contribution in [2.45, 2.75) is 19.8 Å². The Balaban J connectivity index is 1.89. The van der Waals surface area contributed by atoms with E-state index in [0.717, 1.165) is 29.7 Å². The predicted octanol–water partition coefficient (Wildman–Crippen LogP) is 2.42. The first-order valence-electron chi connectivity index (χ1n) is 6.73. The molecule has 1 amide bonds. The molecule has 2 aromatic rings. The fraction of sp³-hybridized carbons (Fsp3) is 0.429. The molecule has 2 rings (SSSR count). The monoisotopic (exact) mass is 293 g/mol. The minimum Gasteiger partial charge on any atom is -0.397 e. The van der Waals surface area contributed by atoms with Crippen molar-refractivity contribution in [2.24, 2.45) is 0 Å². The fourth-order valence-corrected chi connectivity index (χ4v) is 2.76. The molecule has 108 valence electrons. The van der Waals surface area contributed by atoms with Crippen LogP contribution in [0.2, 0.25) is 0 Å². The Morgan fingerprint density at radius 3 is 3.10 bits per heavy atom. The van der Waals surface area contributed by atoms with Gasteiger partial charge in [-0.25, -0.2) is 4.98 Å². The molecule has 20 heavy (non-hydrogen) atoms. The number of amides is 1. The quantitative estimate of drug-likeness (QED) is 0.769. The molecule has 0 saturated carbocycles. The van der Waals surface area contributed by atoms with Crippen LogP contribution in [-0.4, -0.2) is 30.6 Å². The number of carbonyl (C=O) groups excluding carboxylic acids is 1. The molecule has 3 N–H and O–H groups in total. The maximum absolute atomic E-state index is 12.1. The molecule has 0 aliphatic carbocycles. The molecule has 0 radical (unpaired) electrons. The molecule has 0 bridgehead atoms. The molecule has 0 aliphatic heterocycles. The Morgan fingerprint density at radius 1 is 1.50 bits per heavy atom. The number of nitrogens with one attached hydrogen (secondary N) is 1. The van der Waals surface area contributed by atoms with Crippen LogP contribution in [0, 0.1) is 0 Å². The lowest BCUT2D eigenvalue weighted by Crippen LogP contribution is -2.27. The van der Waals surface area contributed by atoms with Crippen molar-refractivity contribution in [3.05, 3.63) is 23.2 Å². The second kappa shape index (κ2) is 7.21. The summed E-state index contributed by atoms with van der Waals surface area (Å²) in [6.45, 7) is 3.86. The standard InChI is InChI=1S/C14H19N3O2S/c1-2-3-8-19-9-7-16-13(18)12-11(15)10-5-4-6-17-14(10)20-12/h4-6H,2-3,7-9,15H2,1H3,(H,16,18). The molecule has 0 fully saturated rings. The maximum atomic E-state index is 12.1. The van der Waals surface area contributed by atoms with Gasteiger partial charge >= 0.3 is 0 Å². The summed E-state index contributed by atoms with van der Waals surface area (Å²) in [5.41, 5.74) is 6.49. The van der Waals surface area contributed by atoms with Gasteiger partial charge in [-0.15, -0.1) is 11.3 Å². The molecule has 6 heteroatoms. The van der Waals surface area contributed by atoms with Crippen LogP contribution in [0.1, 0.15) is 29.4 Å². The Labute approximate surface area is 122 Å². The number of thiophene rings is 1. The van der Waals surface area contributed by atoms with Crippen molar-refractivity contribution in [3.63, 3.8) is 0 Å². The van der Waals surface area contributed by atoms with E-state index in [1.165, 1.54) is 11.3 Å². The number of fused-ring (bicyclic) bond motifs is 1. The van der Waals surface area contributed by atoms with Gasteiger partial charge in [0.15, 0.2) is 0 Å². The SMILES string of the molecule is CCCCOCCNC(=O)c1sc2ncccc2c1N. The van der Waals surface area contributed by atoms with E-state index in [1.54, 1.807) is 6.20 Å². The van der Waals surface area contributed by atoms with Crippen LogP contribution in [0.15, 0.2) is 18.3 Å². The average molecular weight is 293 g/mol. The van der Waals surface area contributed by atoms with Gasteiger partial charge in [0.1, 0.15) is 9.71 Å². The zero-order chi connectivity index (χ0) is 14.4. The summed E-state index contributed by atoms with van der Waals surface area (Å²) in [5.74, 6) is -0.162. The van der Waals surface area contributed by atoms with Crippen LogP contribution >= 0.6 is 11.3 Å². The van der Waals surface area contributed by atoms with E-state index < -0.39 is 0 Å². The third kappa shape index (κ3) is 3.46. The van der Waals surface area contributed by atoms with Gasteiger partial charge in [0.2, 0.25) is 0 Å². The highest BCUT2D eigenvalue weighted by Gasteiger charge is 2.16.